The Kier molecular flexibility index (Phi) is 6.42. The number of amides is 2. The van der Waals surface area contributed by atoms with E-state index in [1.54, 1.807) is 47.8 Å². The monoisotopic (exact) mass is 495 g/mol. The molecule has 0 fully saturated rings. The SMILES string of the molecule is COc1cc2c(cc1C(=O)N=CN(C)C)-c1c(c(C(=O)N(C)C(C)(C)C)nn1-c1ccsc1)CO2. The molecule has 0 radical (unpaired) electrons. The zero-order chi connectivity index (χ0) is 25.5. The first-order valence-corrected chi connectivity index (χ1v) is 12.0. The molecule has 184 valence electrons. The normalized spacial score (nSPS) is 12.7. The Balaban J connectivity index is 1.93. The Hall–Kier alpha value is -3.66. The van der Waals surface area contributed by atoms with Crippen molar-refractivity contribution in [3.63, 3.8) is 0 Å². The van der Waals surface area contributed by atoms with E-state index >= 15 is 0 Å². The largest absolute Gasteiger partial charge is 0.496 e. The van der Waals surface area contributed by atoms with Gasteiger partial charge in [0.05, 0.1) is 30.4 Å². The van der Waals surface area contributed by atoms with Crippen LogP contribution in [0.15, 0.2) is 34.0 Å². The van der Waals surface area contributed by atoms with Gasteiger partial charge in [-0.3, -0.25) is 9.59 Å². The van der Waals surface area contributed by atoms with Crippen LogP contribution in [0.25, 0.3) is 16.9 Å². The van der Waals surface area contributed by atoms with Crippen molar-refractivity contribution >= 4 is 29.5 Å². The molecule has 9 nitrogen and oxygen atoms in total. The van der Waals surface area contributed by atoms with Crippen LogP contribution in [-0.2, 0) is 6.61 Å². The summed E-state index contributed by atoms with van der Waals surface area (Å²) in [5, 5.41) is 8.65. The maximum atomic E-state index is 13.5. The molecule has 0 saturated carbocycles. The van der Waals surface area contributed by atoms with E-state index < -0.39 is 5.91 Å². The molecule has 0 unspecified atom stereocenters. The second kappa shape index (κ2) is 9.18. The number of fused-ring (bicyclic) bond motifs is 3. The number of carbonyl (C=O) groups is 2. The molecule has 0 bridgehead atoms. The second-order valence-corrected chi connectivity index (χ2v) is 10.2. The summed E-state index contributed by atoms with van der Waals surface area (Å²) >= 11 is 1.53. The highest BCUT2D eigenvalue weighted by molar-refractivity contribution is 7.08. The van der Waals surface area contributed by atoms with E-state index in [0.717, 1.165) is 5.69 Å². The van der Waals surface area contributed by atoms with Gasteiger partial charge in [-0.2, -0.15) is 21.4 Å². The van der Waals surface area contributed by atoms with E-state index in [-0.39, 0.29) is 18.1 Å². The molecule has 0 atom stereocenters. The summed E-state index contributed by atoms with van der Waals surface area (Å²) < 4.78 is 13.3. The summed E-state index contributed by atoms with van der Waals surface area (Å²) in [6.07, 6.45) is 1.44. The van der Waals surface area contributed by atoms with Crippen LogP contribution in [0.5, 0.6) is 11.5 Å². The predicted octanol–water partition coefficient (Wildman–Crippen LogP) is 4.10. The molecule has 1 aliphatic heterocycles. The smallest absolute Gasteiger partial charge is 0.282 e. The number of aliphatic imine (C=N–C) groups is 1. The first-order valence-electron chi connectivity index (χ1n) is 11.1. The fourth-order valence-corrected chi connectivity index (χ4v) is 4.27. The minimum absolute atomic E-state index is 0.167. The molecular weight excluding hydrogens is 466 g/mol. The lowest BCUT2D eigenvalue weighted by Crippen LogP contribution is -2.43. The van der Waals surface area contributed by atoms with Crippen molar-refractivity contribution < 1.29 is 19.1 Å². The van der Waals surface area contributed by atoms with Crippen LogP contribution < -0.4 is 9.47 Å². The molecule has 1 aliphatic rings. The number of ether oxygens (including phenoxy) is 2. The van der Waals surface area contributed by atoms with Gasteiger partial charge in [0.1, 0.15) is 18.1 Å². The lowest BCUT2D eigenvalue weighted by molar-refractivity contribution is 0.0646. The number of aromatic nitrogens is 2. The van der Waals surface area contributed by atoms with Crippen LogP contribution in [0.2, 0.25) is 0 Å². The first-order chi connectivity index (χ1) is 16.5. The van der Waals surface area contributed by atoms with Crippen molar-refractivity contribution in [1.29, 1.82) is 0 Å². The zero-order valence-corrected chi connectivity index (χ0v) is 21.8. The number of carbonyl (C=O) groups excluding carboxylic acids is 2. The van der Waals surface area contributed by atoms with Crippen LogP contribution in [0.4, 0.5) is 0 Å². The van der Waals surface area contributed by atoms with Gasteiger partial charge in [-0.05, 0) is 38.3 Å². The molecule has 2 aromatic heterocycles. The molecule has 0 aliphatic carbocycles. The van der Waals surface area contributed by atoms with Crippen molar-refractivity contribution in [2.45, 2.75) is 32.9 Å². The fraction of sp³-hybridized carbons (Fsp3) is 0.360. The standard InChI is InChI=1S/C25H29N5O4S/c1-25(2,3)29(6)24(32)21-18-12-34-20-11-19(33-7)17(23(31)26-14-28(4)5)10-16(20)22(18)30(27-21)15-8-9-35-13-15/h8-11,13-14H,12H2,1-7H3. The lowest BCUT2D eigenvalue weighted by atomic mass is 9.98. The van der Waals surface area contributed by atoms with E-state index in [9.17, 15) is 9.59 Å². The molecule has 3 heterocycles. The molecule has 10 heteroatoms. The Morgan fingerprint density at radius 1 is 1.26 bits per heavy atom. The van der Waals surface area contributed by atoms with Gasteiger partial charge in [0, 0.05) is 49.3 Å². The molecule has 2 amide bonds. The number of thiophene rings is 1. The zero-order valence-electron chi connectivity index (χ0n) is 20.9. The molecule has 3 aromatic rings. The Labute approximate surface area is 208 Å². The van der Waals surface area contributed by atoms with Crippen molar-refractivity contribution in [3.8, 4) is 28.4 Å². The van der Waals surface area contributed by atoms with Gasteiger partial charge in [0.25, 0.3) is 11.8 Å². The molecule has 35 heavy (non-hydrogen) atoms. The summed E-state index contributed by atoms with van der Waals surface area (Å²) in [6, 6.07) is 5.32. The molecule has 0 saturated heterocycles. The number of nitrogens with zero attached hydrogens (tertiary/aromatic N) is 5. The molecule has 4 rings (SSSR count). The van der Waals surface area contributed by atoms with Gasteiger partial charge < -0.3 is 19.3 Å². The molecular formula is C25H29N5O4S. The summed E-state index contributed by atoms with van der Waals surface area (Å²) in [5.41, 5.74) is 3.08. The highest BCUT2D eigenvalue weighted by Crippen LogP contribution is 2.44. The number of methoxy groups -OCH3 is 1. The quantitative estimate of drug-likeness (QED) is 0.391. The molecule has 1 aromatic carbocycles. The third-order valence-electron chi connectivity index (χ3n) is 5.81. The summed E-state index contributed by atoms with van der Waals surface area (Å²) in [4.78, 5) is 33.8. The summed E-state index contributed by atoms with van der Waals surface area (Å²) in [5.74, 6) is 0.256. The lowest BCUT2D eigenvalue weighted by Gasteiger charge is -2.31. The third-order valence-corrected chi connectivity index (χ3v) is 6.48. The highest BCUT2D eigenvalue weighted by atomic mass is 32.1. The second-order valence-electron chi connectivity index (χ2n) is 9.45. The maximum absolute atomic E-state index is 13.5. The Bertz CT molecular complexity index is 1300. The predicted molar refractivity (Wildman–Crippen MR) is 136 cm³/mol. The van der Waals surface area contributed by atoms with Crippen molar-refractivity contribution in [1.82, 2.24) is 19.6 Å². The van der Waals surface area contributed by atoms with Gasteiger partial charge in [-0.25, -0.2) is 4.68 Å². The summed E-state index contributed by atoms with van der Waals surface area (Å²) in [6.45, 7) is 6.08. The number of rotatable bonds is 5. The molecule has 0 N–H and O–H groups in total. The third kappa shape index (κ3) is 4.53. The van der Waals surface area contributed by atoms with E-state index in [1.165, 1.54) is 24.8 Å². The van der Waals surface area contributed by atoms with Crippen LogP contribution in [-0.4, -0.2) is 71.5 Å². The summed E-state index contributed by atoms with van der Waals surface area (Å²) in [7, 11) is 6.83. The Morgan fingerprint density at radius 3 is 2.60 bits per heavy atom. The number of hydrogen-bond donors (Lipinski definition) is 0. The van der Waals surface area contributed by atoms with Crippen LogP contribution in [0, 0.1) is 0 Å². The number of benzene rings is 1. The van der Waals surface area contributed by atoms with Crippen LogP contribution in [0.1, 0.15) is 47.2 Å². The van der Waals surface area contributed by atoms with Gasteiger partial charge in [-0.1, -0.05) is 0 Å². The topological polar surface area (TPSA) is 89.3 Å². The first kappa shape index (κ1) is 24.5. The van der Waals surface area contributed by atoms with Gasteiger partial charge in [0.15, 0.2) is 5.69 Å². The van der Waals surface area contributed by atoms with Crippen LogP contribution >= 0.6 is 11.3 Å². The molecule has 0 spiro atoms. The van der Waals surface area contributed by atoms with E-state index in [4.69, 9.17) is 14.6 Å². The van der Waals surface area contributed by atoms with Crippen LogP contribution in [0.3, 0.4) is 0 Å². The highest BCUT2D eigenvalue weighted by Gasteiger charge is 2.35. The minimum Gasteiger partial charge on any atom is -0.496 e. The van der Waals surface area contributed by atoms with E-state index in [2.05, 4.69) is 4.99 Å². The van der Waals surface area contributed by atoms with E-state index in [0.29, 0.717) is 39.6 Å². The Morgan fingerprint density at radius 2 is 2.00 bits per heavy atom. The van der Waals surface area contributed by atoms with Crippen molar-refractivity contribution in [2.75, 3.05) is 28.3 Å². The maximum Gasteiger partial charge on any atom is 0.282 e. The fourth-order valence-electron chi connectivity index (χ4n) is 3.65. The van der Waals surface area contributed by atoms with Gasteiger partial charge in [0.2, 0.25) is 0 Å². The van der Waals surface area contributed by atoms with E-state index in [1.807, 2.05) is 37.6 Å². The van der Waals surface area contributed by atoms with Gasteiger partial charge in [-0.15, -0.1) is 0 Å². The average molecular weight is 496 g/mol. The minimum atomic E-state index is -0.448. The van der Waals surface area contributed by atoms with Crippen molar-refractivity contribution in [2.24, 2.45) is 4.99 Å². The average Bonchev–Trinajstić information content (AvgIpc) is 3.48. The number of hydrogen-bond acceptors (Lipinski definition) is 6. The van der Waals surface area contributed by atoms with Gasteiger partial charge >= 0.3 is 0 Å². The van der Waals surface area contributed by atoms with Crippen molar-refractivity contribution in [3.05, 3.63) is 45.8 Å².